The minimum atomic E-state index is -1.46. The highest BCUT2D eigenvalue weighted by Gasteiger charge is 2.39. The van der Waals surface area contributed by atoms with Crippen LogP contribution in [0.5, 0.6) is 0 Å². The van der Waals surface area contributed by atoms with E-state index in [1.807, 2.05) is 0 Å². The minimum absolute atomic E-state index is 0.164. The smallest absolute Gasteiger partial charge is 0.250 e. The zero-order valence-electron chi connectivity index (χ0n) is 8.23. The molecule has 1 saturated heterocycles. The highest BCUT2D eigenvalue weighted by atomic mass is 16.3. The number of β-amino-alcohol motifs (C(OH)–C–C–N with tert-alkyl or cyclic N) is 1. The number of nitrogens with zero attached hydrogens (tertiary/aromatic N) is 2. The molecule has 0 aliphatic carbocycles. The van der Waals surface area contributed by atoms with Gasteiger partial charge in [0.25, 0.3) is 5.91 Å². The van der Waals surface area contributed by atoms with Gasteiger partial charge in [0, 0.05) is 6.54 Å². The number of carbonyl (C=O) groups excluding carboxylic acids is 1. The third kappa shape index (κ3) is 2.03. The maximum absolute atomic E-state index is 11.0. The minimum Gasteiger partial charge on any atom is -0.379 e. The molecule has 0 aromatic carbocycles. The maximum Gasteiger partial charge on any atom is 0.250 e. The summed E-state index contributed by atoms with van der Waals surface area (Å²) in [7, 11) is 0. The first-order chi connectivity index (χ1) is 6.49. The zero-order chi connectivity index (χ0) is 10.8. The van der Waals surface area contributed by atoms with Crippen molar-refractivity contribution in [1.82, 2.24) is 4.90 Å². The van der Waals surface area contributed by atoms with Crippen LogP contribution < -0.4 is 5.73 Å². The van der Waals surface area contributed by atoms with Crippen molar-refractivity contribution in [1.29, 1.82) is 5.26 Å². The molecule has 1 aliphatic heterocycles. The molecule has 1 heterocycles. The molecule has 0 spiro atoms. The monoisotopic (exact) mass is 197 g/mol. The molecule has 1 aliphatic rings. The van der Waals surface area contributed by atoms with Gasteiger partial charge in [-0.25, -0.2) is 0 Å². The summed E-state index contributed by atoms with van der Waals surface area (Å²) in [6.45, 7) is 2.63. The van der Waals surface area contributed by atoms with E-state index in [4.69, 9.17) is 11.0 Å². The van der Waals surface area contributed by atoms with E-state index in [1.54, 1.807) is 11.8 Å². The Morgan fingerprint density at radius 1 is 1.79 bits per heavy atom. The first kappa shape index (κ1) is 11.0. The molecule has 3 N–H and O–H groups in total. The van der Waals surface area contributed by atoms with Gasteiger partial charge in [-0.15, -0.1) is 0 Å². The van der Waals surface area contributed by atoms with E-state index in [-0.39, 0.29) is 12.6 Å². The number of primary amides is 1. The molecule has 1 rings (SSSR count). The number of likely N-dealkylation sites (tertiary alicyclic amines) is 1. The maximum atomic E-state index is 11.0. The van der Waals surface area contributed by atoms with E-state index in [0.717, 1.165) is 6.54 Å². The first-order valence-electron chi connectivity index (χ1n) is 4.65. The SMILES string of the molecule is CC(C#N)N1CCCC(O)(C(N)=O)C1. The molecule has 0 bridgehead atoms. The molecule has 78 valence electrons. The molecule has 5 nitrogen and oxygen atoms in total. The van der Waals surface area contributed by atoms with E-state index in [9.17, 15) is 9.90 Å². The number of hydrogen-bond donors (Lipinski definition) is 2. The van der Waals surface area contributed by atoms with Gasteiger partial charge < -0.3 is 10.8 Å². The second-order valence-electron chi connectivity index (χ2n) is 3.77. The summed E-state index contributed by atoms with van der Waals surface area (Å²) in [5.41, 5.74) is 3.65. The molecular formula is C9H15N3O2. The lowest BCUT2D eigenvalue weighted by Crippen LogP contribution is -2.57. The van der Waals surface area contributed by atoms with Crippen LogP contribution in [-0.2, 0) is 4.79 Å². The number of rotatable bonds is 2. The van der Waals surface area contributed by atoms with Gasteiger partial charge in [-0.1, -0.05) is 0 Å². The number of aliphatic hydroxyl groups is 1. The Balaban J connectivity index is 2.70. The van der Waals surface area contributed by atoms with Crippen LogP contribution in [0.15, 0.2) is 0 Å². The van der Waals surface area contributed by atoms with Gasteiger partial charge in [0.15, 0.2) is 5.60 Å². The van der Waals surface area contributed by atoms with Gasteiger partial charge in [-0.3, -0.25) is 9.69 Å². The Morgan fingerprint density at radius 3 is 2.93 bits per heavy atom. The Labute approximate surface area is 83.1 Å². The predicted octanol–water partition coefficient (Wildman–Crippen LogP) is -0.789. The van der Waals surface area contributed by atoms with Gasteiger partial charge >= 0.3 is 0 Å². The van der Waals surface area contributed by atoms with E-state index in [1.165, 1.54) is 0 Å². The van der Waals surface area contributed by atoms with Gasteiger partial charge in [-0.05, 0) is 26.3 Å². The average molecular weight is 197 g/mol. The molecule has 5 heteroatoms. The summed E-state index contributed by atoms with van der Waals surface area (Å²) < 4.78 is 0. The van der Waals surface area contributed by atoms with Crippen molar-refractivity contribution in [2.45, 2.75) is 31.4 Å². The molecule has 0 saturated carbocycles. The number of hydrogen-bond acceptors (Lipinski definition) is 4. The number of nitriles is 1. The average Bonchev–Trinajstić information content (AvgIpc) is 2.16. The molecule has 1 amide bonds. The standard InChI is InChI=1S/C9H15N3O2/c1-7(5-10)12-4-2-3-9(14,6-12)8(11)13/h7,14H,2-4,6H2,1H3,(H2,11,13). The number of carbonyl (C=O) groups is 1. The predicted molar refractivity (Wildman–Crippen MR) is 50.0 cm³/mol. The quantitative estimate of drug-likeness (QED) is 0.607. The van der Waals surface area contributed by atoms with Gasteiger partial charge in [0.05, 0.1) is 12.1 Å². The largest absolute Gasteiger partial charge is 0.379 e. The molecule has 0 aromatic rings. The highest BCUT2D eigenvalue weighted by molar-refractivity contribution is 5.83. The Hall–Kier alpha value is -1.12. The Kier molecular flexibility index (Phi) is 3.09. The normalized spacial score (nSPS) is 30.6. The highest BCUT2D eigenvalue weighted by Crippen LogP contribution is 2.22. The second kappa shape index (κ2) is 3.95. The van der Waals surface area contributed by atoms with Crippen LogP contribution in [-0.4, -0.2) is 40.6 Å². The first-order valence-corrected chi connectivity index (χ1v) is 4.65. The van der Waals surface area contributed by atoms with Crippen molar-refractivity contribution >= 4 is 5.91 Å². The second-order valence-corrected chi connectivity index (χ2v) is 3.77. The fourth-order valence-electron chi connectivity index (χ4n) is 1.68. The summed E-state index contributed by atoms with van der Waals surface area (Å²) >= 11 is 0. The van der Waals surface area contributed by atoms with Gasteiger partial charge in [0.2, 0.25) is 0 Å². The van der Waals surface area contributed by atoms with Gasteiger partial charge in [0.1, 0.15) is 0 Å². The molecule has 0 aromatic heterocycles. The summed E-state index contributed by atoms with van der Waals surface area (Å²) in [4.78, 5) is 12.8. The van der Waals surface area contributed by atoms with Crippen molar-refractivity contribution < 1.29 is 9.90 Å². The summed E-state index contributed by atoms with van der Waals surface area (Å²) in [6, 6.07) is 1.78. The number of piperidine rings is 1. The number of amides is 1. The van der Waals surface area contributed by atoms with Crippen LogP contribution >= 0.6 is 0 Å². The van der Waals surface area contributed by atoms with Gasteiger partial charge in [-0.2, -0.15) is 5.26 Å². The fraction of sp³-hybridized carbons (Fsp3) is 0.778. The lowest BCUT2D eigenvalue weighted by Gasteiger charge is -2.38. The molecule has 14 heavy (non-hydrogen) atoms. The molecular weight excluding hydrogens is 182 g/mol. The lowest BCUT2D eigenvalue weighted by atomic mass is 9.91. The summed E-state index contributed by atoms with van der Waals surface area (Å²) in [5.74, 6) is -0.702. The van der Waals surface area contributed by atoms with Crippen LogP contribution in [0, 0.1) is 11.3 Å². The topological polar surface area (TPSA) is 90.3 Å². The third-order valence-corrected chi connectivity index (χ3v) is 2.69. The van der Waals surface area contributed by atoms with Crippen LogP contribution in [0.1, 0.15) is 19.8 Å². The van der Waals surface area contributed by atoms with Crippen LogP contribution in [0.4, 0.5) is 0 Å². The van der Waals surface area contributed by atoms with E-state index >= 15 is 0 Å². The third-order valence-electron chi connectivity index (χ3n) is 2.69. The molecule has 0 radical (unpaired) electrons. The van der Waals surface area contributed by atoms with Crippen molar-refractivity contribution in [2.75, 3.05) is 13.1 Å². The van der Waals surface area contributed by atoms with E-state index in [2.05, 4.69) is 6.07 Å². The van der Waals surface area contributed by atoms with Crippen molar-refractivity contribution in [2.24, 2.45) is 5.73 Å². The molecule has 2 atom stereocenters. The van der Waals surface area contributed by atoms with Crippen molar-refractivity contribution in [3.05, 3.63) is 0 Å². The zero-order valence-corrected chi connectivity index (χ0v) is 8.23. The van der Waals surface area contributed by atoms with Crippen molar-refractivity contribution in [3.8, 4) is 6.07 Å². The van der Waals surface area contributed by atoms with Crippen molar-refractivity contribution in [3.63, 3.8) is 0 Å². The summed E-state index contributed by atoms with van der Waals surface area (Å²) in [6.07, 6.45) is 1.07. The summed E-state index contributed by atoms with van der Waals surface area (Å²) in [5, 5.41) is 18.5. The fourth-order valence-corrected chi connectivity index (χ4v) is 1.68. The van der Waals surface area contributed by atoms with E-state index in [0.29, 0.717) is 12.8 Å². The van der Waals surface area contributed by atoms with E-state index < -0.39 is 11.5 Å². The number of nitrogens with two attached hydrogens (primary N) is 1. The van der Waals surface area contributed by atoms with Crippen LogP contribution in [0.25, 0.3) is 0 Å². The lowest BCUT2D eigenvalue weighted by molar-refractivity contribution is -0.142. The Bertz CT molecular complexity index is 274. The molecule has 2 unspecified atom stereocenters. The van der Waals surface area contributed by atoms with Crippen LogP contribution in [0.3, 0.4) is 0 Å². The Morgan fingerprint density at radius 2 is 2.43 bits per heavy atom. The molecule has 1 fully saturated rings. The van der Waals surface area contributed by atoms with Crippen LogP contribution in [0.2, 0.25) is 0 Å².